The van der Waals surface area contributed by atoms with Crippen LogP contribution in [0.4, 0.5) is 13.2 Å². The smallest absolute Gasteiger partial charge is 0.267 e. The van der Waals surface area contributed by atoms with Gasteiger partial charge in [-0.3, -0.25) is 19.4 Å². The second-order valence-electron chi connectivity index (χ2n) is 9.45. The fourth-order valence-corrected chi connectivity index (χ4v) is 4.58. The third-order valence-electron chi connectivity index (χ3n) is 6.50. The van der Waals surface area contributed by atoms with Crippen LogP contribution in [0.2, 0.25) is 0 Å². The Morgan fingerprint density at radius 1 is 0.953 bits per heavy atom. The number of carbonyl (C=O) groups is 2. The first-order chi connectivity index (χ1) is 20.7. The summed E-state index contributed by atoms with van der Waals surface area (Å²) in [6.07, 6.45) is 4.53. The summed E-state index contributed by atoms with van der Waals surface area (Å²) in [6.45, 7) is -0.485. The molecule has 0 aliphatic carbocycles. The van der Waals surface area contributed by atoms with Gasteiger partial charge in [-0.1, -0.05) is 12.1 Å². The van der Waals surface area contributed by atoms with Gasteiger partial charge in [-0.2, -0.15) is 5.10 Å². The molecule has 0 saturated carbocycles. The van der Waals surface area contributed by atoms with Gasteiger partial charge in [0.25, 0.3) is 11.5 Å². The Bertz CT molecular complexity index is 1840. The molecule has 0 unspecified atom stereocenters. The Hall–Kier alpha value is -5.59. The minimum Gasteiger partial charge on any atom is -0.355 e. The molecule has 43 heavy (non-hydrogen) atoms. The number of nitrogens with one attached hydrogen (secondary N) is 2. The van der Waals surface area contributed by atoms with Crippen LogP contribution in [0, 0.1) is 17.5 Å². The van der Waals surface area contributed by atoms with Gasteiger partial charge >= 0.3 is 0 Å². The van der Waals surface area contributed by atoms with Crippen molar-refractivity contribution in [1.29, 1.82) is 0 Å². The lowest BCUT2D eigenvalue weighted by molar-refractivity contribution is -0.122. The molecule has 3 aromatic heterocycles. The third-order valence-corrected chi connectivity index (χ3v) is 6.50. The van der Waals surface area contributed by atoms with Crippen LogP contribution < -0.4 is 16.2 Å². The fourth-order valence-electron chi connectivity index (χ4n) is 4.58. The second kappa shape index (κ2) is 12.5. The minimum atomic E-state index is -0.969. The lowest BCUT2D eigenvalue weighted by atomic mass is 9.94. The SMILES string of the molecule is CNC(=O)c1cc(-c2cccnc2[C@H](Cc2cc(F)cc(F)c2)NC(=O)Cn2nc(-n3cccn3)ccc2=O)ccc1F. The maximum Gasteiger partial charge on any atom is 0.267 e. The highest BCUT2D eigenvalue weighted by molar-refractivity contribution is 5.95. The van der Waals surface area contributed by atoms with Crippen LogP contribution in [0.15, 0.2) is 90.1 Å². The summed E-state index contributed by atoms with van der Waals surface area (Å²) >= 11 is 0. The molecular weight excluding hydrogens is 563 g/mol. The first-order valence-electron chi connectivity index (χ1n) is 13.0. The highest BCUT2D eigenvalue weighted by atomic mass is 19.1. The van der Waals surface area contributed by atoms with E-state index >= 15 is 0 Å². The maximum absolute atomic E-state index is 14.4. The first-order valence-corrected chi connectivity index (χ1v) is 13.0. The Labute approximate surface area is 242 Å². The molecule has 0 radical (unpaired) electrons. The standard InChI is InChI=1S/C30H24F3N7O3/c1-34-30(43)23-15-19(5-6-24(23)33)22-4-2-9-35-29(22)25(14-18-12-20(31)16-21(32)13-18)37-27(41)17-40-28(42)8-7-26(38-40)39-11-3-10-36-39/h2-13,15-16,25H,14,17H2,1H3,(H,34,43)(H,37,41)/t25-/m0/s1. The lowest BCUT2D eigenvalue weighted by Gasteiger charge is -2.22. The van der Waals surface area contributed by atoms with E-state index in [1.54, 1.807) is 24.4 Å². The van der Waals surface area contributed by atoms with Gasteiger partial charge < -0.3 is 10.6 Å². The normalized spacial score (nSPS) is 11.6. The van der Waals surface area contributed by atoms with E-state index in [4.69, 9.17) is 0 Å². The Balaban J connectivity index is 1.52. The average Bonchev–Trinajstić information content (AvgIpc) is 3.53. The molecule has 0 bridgehead atoms. The zero-order chi connectivity index (χ0) is 30.5. The number of nitrogens with zero attached hydrogens (tertiary/aromatic N) is 5. The van der Waals surface area contributed by atoms with Gasteiger partial charge in [0.05, 0.1) is 17.3 Å². The van der Waals surface area contributed by atoms with Gasteiger partial charge in [-0.25, -0.2) is 22.5 Å². The van der Waals surface area contributed by atoms with Crippen molar-refractivity contribution in [3.63, 3.8) is 0 Å². The van der Waals surface area contributed by atoms with Gasteiger partial charge in [-0.05, 0) is 60.0 Å². The van der Waals surface area contributed by atoms with Crippen LogP contribution in [0.25, 0.3) is 16.9 Å². The molecule has 1 atom stereocenters. The van der Waals surface area contributed by atoms with Crippen LogP contribution in [-0.2, 0) is 17.8 Å². The number of hydrogen-bond donors (Lipinski definition) is 2. The quantitative estimate of drug-likeness (QED) is 0.273. The monoisotopic (exact) mass is 587 g/mol. The maximum atomic E-state index is 14.4. The van der Waals surface area contributed by atoms with Gasteiger partial charge in [0, 0.05) is 43.3 Å². The minimum absolute atomic E-state index is 0.0937. The first kappa shape index (κ1) is 28.9. The van der Waals surface area contributed by atoms with Crippen molar-refractivity contribution >= 4 is 11.8 Å². The van der Waals surface area contributed by atoms with Gasteiger partial charge in [0.15, 0.2) is 5.82 Å². The van der Waals surface area contributed by atoms with E-state index in [9.17, 15) is 27.6 Å². The summed E-state index contributed by atoms with van der Waals surface area (Å²) in [7, 11) is 1.37. The number of rotatable bonds is 9. The van der Waals surface area contributed by atoms with Crippen LogP contribution in [0.1, 0.15) is 27.7 Å². The summed E-state index contributed by atoms with van der Waals surface area (Å²) in [6, 6.07) is 13.6. The molecule has 0 fully saturated rings. The van der Waals surface area contributed by atoms with Crippen molar-refractivity contribution in [3.8, 4) is 16.9 Å². The topological polar surface area (TPSA) is 124 Å². The van der Waals surface area contributed by atoms with Crippen molar-refractivity contribution in [2.75, 3.05) is 7.05 Å². The number of carbonyl (C=O) groups excluding carboxylic acids is 2. The molecule has 2 aromatic carbocycles. The number of amides is 2. The lowest BCUT2D eigenvalue weighted by Crippen LogP contribution is -2.37. The molecule has 5 aromatic rings. The molecule has 0 aliphatic heterocycles. The second-order valence-corrected chi connectivity index (χ2v) is 9.45. The highest BCUT2D eigenvalue weighted by Crippen LogP contribution is 2.30. The average molecular weight is 588 g/mol. The fraction of sp³-hybridized carbons (Fsp3) is 0.133. The predicted molar refractivity (Wildman–Crippen MR) is 150 cm³/mol. The molecule has 10 nitrogen and oxygen atoms in total. The van der Waals surface area contributed by atoms with Gasteiger partial charge in [0.2, 0.25) is 5.91 Å². The van der Waals surface area contributed by atoms with Gasteiger partial charge in [0.1, 0.15) is 24.0 Å². The van der Waals surface area contributed by atoms with Crippen molar-refractivity contribution in [1.82, 2.24) is 35.2 Å². The van der Waals surface area contributed by atoms with Crippen molar-refractivity contribution in [3.05, 3.63) is 130 Å². The van der Waals surface area contributed by atoms with E-state index in [0.717, 1.165) is 28.9 Å². The molecule has 13 heteroatoms. The van der Waals surface area contributed by atoms with E-state index in [2.05, 4.69) is 25.8 Å². The molecule has 0 saturated heterocycles. The van der Waals surface area contributed by atoms with Crippen LogP contribution >= 0.6 is 0 Å². The van der Waals surface area contributed by atoms with E-state index < -0.39 is 47.4 Å². The zero-order valence-electron chi connectivity index (χ0n) is 22.7. The molecule has 0 spiro atoms. The Morgan fingerprint density at radius 2 is 1.74 bits per heavy atom. The largest absolute Gasteiger partial charge is 0.355 e. The van der Waals surface area contributed by atoms with E-state index in [1.165, 1.54) is 48.4 Å². The Morgan fingerprint density at radius 3 is 2.47 bits per heavy atom. The van der Waals surface area contributed by atoms with Crippen LogP contribution in [0.3, 0.4) is 0 Å². The van der Waals surface area contributed by atoms with Crippen molar-refractivity contribution in [2.45, 2.75) is 19.0 Å². The van der Waals surface area contributed by atoms with E-state index in [0.29, 0.717) is 16.9 Å². The van der Waals surface area contributed by atoms with Gasteiger partial charge in [-0.15, -0.1) is 5.10 Å². The molecule has 218 valence electrons. The molecule has 0 aliphatic rings. The van der Waals surface area contributed by atoms with Crippen molar-refractivity contribution in [2.24, 2.45) is 0 Å². The third kappa shape index (κ3) is 6.67. The van der Waals surface area contributed by atoms with Crippen molar-refractivity contribution < 1.29 is 22.8 Å². The molecule has 3 heterocycles. The highest BCUT2D eigenvalue weighted by Gasteiger charge is 2.23. The molecule has 5 rings (SSSR count). The summed E-state index contributed by atoms with van der Waals surface area (Å²) < 4.78 is 45.0. The van der Waals surface area contributed by atoms with E-state index in [1.807, 2.05) is 0 Å². The number of halogens is 3. The Kier molecular flexibility index (Phi) is 8.41. The molecule has 2 amide bonds. The predicted octanol–water partition coefficient (Wildman–Crippen LogP) is 3.37. The van der Waals surface area contributed by atoms with Crippen LogP contribution in [0.5, 0.6) is 0 Å². The summed E-state index contributed by atoms with van der Waals surface area (Å²) in [5.41, 5.74) is 0.607. The number of benzene rings is 2. The zero-order valence-corrected chi connectivity index (χ0v) is 22.7. The van der Waals surface area contributed by atoms with Crippen LogP contribution in [-0.4, -0.2) is 43.4 Å². The molecule has 2 N–H and O–H groups in total. The number of hydrogen-bond acceptors (Lipinski definition) is 6. The number of aromatic nitrogens is 5. The number of pyridine rings is 1. The summed E-state index contributed by atoms with van der Waals surface area (Å²) in [5.74, 6) is -3.32. The van der Waals surface area contributed by atoms with E-state index in [-0.39, 0.29) is 23.2 Å². The summed E-state index contributed by atoms with van der Waals surface area (Å²) in [4.78, 5) is 42.5. The molecular formula is C30H24F3N7O3. The summed E-state index contributed by atoms with van der Waals surface area (Å²) in [5, 5.41) is 13.5.